The van der Waals surface area contributed by atoms with Gasteiger partial charge in [-0.25, -0.2) is 0 Å². The Balaban J connectivity index is 1.61. The normalized spacial score (nSPS) is 55.7. The van der Waals surface area contributed by atoms with Gasteiger partial charge in [0, 0.05) is 12.3 Å². The zero-order chi connectivity index (χ0) is 16.4. The van der Waals surface area contributed by atoms with E-state index in [1.165, 1.54) is 19.3 Å². The highest BCUT2D eigenvalue weighted by molar-refractivity contribution is 5.79. The van der Waals surface area contributed by atoms with Crippen LogP contribution in [-0.2, 0) is 9.53 Å². The average molecular weight is 320 g/mol. The average Bonchev–Trinajstić information content (AvgIpc) is 2.85. The Labute approximate surface area is 140 Å². The maximum Gasteiger partial charge on any atom is 0.133 e. The first-order valence-electron chi connectivity index (χ1n) is 9.66. The third kappa shape index (κ3) is 2.18. The molecule has 4 fully saturated rings. The zero-order valence-electron chi connectivity index (χ0n) is 14.9. The number of hydrogen-bond donors (Lipinski definition) is 1. The number of ether oxygens (including phenoxy) is 1. The van der Waals surface area contributed by atoms with Gasteiger partial charge in [0.25, 0.3) is 0 Å². The van der Waals surface area contributed by atoms with Crippen LogP contribution in [0.3, 0.4) is 0 Å². The molecule has 1 N–H and O–H groups in total. The van der Waals surface area contributed by atoms with Gasteiger partial charge in [-0.1, -0.05) is 13.8 Å². The fourth-order valence-electron chi connectivity index (χ4n) is 7.19. The van der Waals surface area contributed by atoms with Crippen LogP contribution in [0.2, 0.25) is 0 Å². The molecule has 0 aromatic carbocycles. The molecule has 3 nitrogen and oxygen atoms in total. The topological polar surface area (TPSA) is 46.5 Å². The van der Waals surface area contributed by atoms with Gasteiger partial charge < -0.3 is 9.84 Å². The molecular formula is C20H32O3. The minimum Gasteiger partial charge on any atom is -0.393 e. The van der Waals surface area contributed by atoms with Gasteiger partial charge in [0.05, 0.1) is 18.8 Å². The number of aliphatic hydroxyl groups is 1. The lowest BCUT2D eigenvalue weighted by atomic mass is 9.49. The summed E-state index contributed by atoms with van der Waals surface area (Å²) in [5, 5.41) is 10.0. The number of fused-ring (bicyclic) bond motifs is 5. The summed E-state index contributed by atoms with van der Waals surface area (Å²) < 4.78 is 6.33. The number of ketones is 1. The van der Waals surface area contributed by atoms with Crippen molar-refractivity contribution >= 4 is 5.78 Å². The first-order chi connectivity index (χ1) is 10.9. The molecule has 1 saturated heterocycles. The Hall–Kier alpha value is -0.410. The van der Waals surface area contributed by atoms with Crippen molar-refractivity contribution in [3.8, 4) is 0 Å². The second-order valence-electron chi connectivity index (χ2n) is 9.42. The minimum absolute atomic E-state index is 0.174. The van der Waals surface area contributed by atoms with Crippen molar-refractivity contribution in [1.29, 1.82) is 0 Å². The lowest BCUT2D eigenvalue weighted by molar-refractivity contribution is -0.210. The van der Waals surface area contributed by atoms with E-state index in [0.717, 1.165) is 38.2 Å². The Bertz CT molecular complexity index is 503. The van der Waals surface area contributed by atoms with Gasteiger partial charge in [0.15, 0.2) is 0 Å². The highest BCUT2D eigenvalue weighted by Crippen LogP contribution is 2.64. The number of carbonyl (C=O) groups is 1. The van der Waals surface area contributed by atoms with E-state index < -0.39 is 0 Å². The van der Waals surface area contributed by atoms with Crippen LogP contribution >= 0.6 is 0 Å². The molecule has 0 radical (unpaired) electrons. The quantitative estimate of drug-likeness (QED) is 0.803. The van der Waals surface area contributed by atoms with Crippen LogP contribution in [0.15, 0.2) is 0 Å². The highest BCUT2D eigenvalue weighted by atomic mass is 16.5. The van der Waals surface area contributed by atoms with Crippen LogP contribution in [0.1, 0.15) is 65.7 Å². The summed E-state index contributed by atoms with van der Waals surface area (Å²) in [5.74, 6) is 2.66. The van der Waals surface area contributed by atoms with Crippen molar-refractivity contribution in [3.63, 3.8) is 0 Å². The SMILES string of the molecule is CC(=O)[C@H]1CC[C@H]2[C@@H]3CO[C@@H]4C[C@H](O)CC[C@]4(C)[C@H]3CC[C@]12C. The fourth-order valence-corrected chi connectivity index (χ4v) is 7.19. The molecular weight excluding hydrogens is 288 g/mol. The molecule has 0 aromatic rings. The number of rotatable bonds is 1. The summed E-state index contributed by atoms with van der Waals surface area (Å²) in [4.78, 5) is 12.1. The fraction of sp³-hybridized carbons (Fsp3) is 0.950. The van der Waals surface area contributed by atoms with Gasteiger partial charge in [0.2, 0.25) is 0 Å². The molecule has 0 aromatic heterocycles. The van der Waals surface area contributed by atoms with Crippen molar-refractivity contribution < 1.29 is 14.6 Å². The molecule has 3 heteroatoms. The van der Waals surface area contributed by atoms with Gasteiger partial charge in [-0.05, 0) is 74.0 Å². The molecule has 23 heavy (non-hydrogen) atoms. The Kier molecular flexibility index (Phi) is 3.70. The molecule has 3 saturated carbocycles. The molecule has 0 bridgehead atoms. The lowest BCUT2D eigenvalue weighted by Crippen LogP contribution is -2.58. The molecule has 1 heterocycles. The standard InChI is InChI=1S/C20H32O3/c1-12(21)15-4-5-16-14-11-23-18-10-13(22)6-8-20(18,3)17(14)7-9-19(15,16)2/h13-18,22H,4-11H2,1-3H3/t13-,14+,15-,16+,17+,18-,19-,20-/m1/s1. The first-order valence-corrected chi connectivity index (χ1v) is 9.66. The van der Waals surface area contributed by atoms with E-state index in [4.69, 9.17) is 4.74 Å². The molecule has 0 spiro atoms. The number of carbonyl (C=O) groups excluding carboxylic acids is 1. The van der Waals surface area contributed by atoms with Crippen LogP contribution < -0.4 is 0 Å². The predicted octanol–water partition coefficient (Wildman–Crippen LogP) is 3.58. The monoisotopic (exact) mass is 320 g/mol. The van der Waals surface area contributed by atoms with E-state index in [-0.39, 0.29) is 29.0 Å². The van der Waals surface area contributed by atoms with Crippen molar-refractivity contribution in [2.75, 3.05) is 6.61 Å². The van der Waals surface area contributed by atoms with Gasteiger partial charge in [0.1, 0.15) is 5.78 Å². The minimum atomic E-state index is -0.174. The number of hydrogen-bond acceptors (Lipinski definition) is 3. The van der Waals surface area contributed by atoms with Crippen molar-refractivity contribution in [2.24, 2.45) is 34.5 Å². The van der Waals surface area contributed by atoms with Crippen LogP contribution in [0.25, 0.3) is 0 Å². The third-order valence-electron chi connectivity index (χ3n) is 8.50. The molecule has 0 amide bonds. The van der Waals surface area contributed by atoms with E-state index in [2.05, 4.69) is 13.8 Å². The summed E-state index contributed by atoms with van der Waals surface area (Å²) in [5.41, 5.74) is 0.436. The van der Waals surface area contributed by atoms with Crippen LogP contribution in [-0.4, -0.2) is 29.7 Å². The maximum absolute atomic E-state index is 12.1. The summed E-state index contributed by atoms with van der Waals surface area (Å²) in [6.07, 6.45) is 7.64. The van der Waals surface area contributed by atoms with E-state index in [1.807, 2.05) is 0 Å². The largest absolute Gasteiger partial charge is 0.393 e. The molecule has 0 unspecified atom stereocenters. The smallest absolute Gasteiger partial charge is 0.133 e. The third-order valence-corrected chi connectivity index (χ3v) is 8.50. The number of Topliss-reactive ketones (excluding diaryl/α,β-unsaturated/α-hetero) is 1. The van der Waals surface area contributed by atoms with E-state index in [0.29, 0.717) is 17.6 Å². The van der Waals surface area contributed by atoms with Crippen LogP contribution in [0.5, 0.6) is 0 Å². The number of aliphatic hydroxyl groups excluding tert-OH is 1. The Morgan fingerprint density at radius 2 is 1.74 bits per heavy atom. The molecule has 4 rings (SSSR count). The van der Waals surface area contributed by atoms with Gasteiger partial charge in [-0.2, -0.15) is 0 Å². The zero-order valence-corrected chi connectivity index (χ0v) is 14.9. The second kappa shape index (κ2) is 5.29. The molecule has 4 aliphatic rings. The van der Waals surface area contributed by atoms with E-state index in [9.17, 15) is 9.90 Å². The first kappa shape index (κ1) is 16.1. The summed E-state index contributed by atoms with van der Waals surface area (Å²) in [6, 6.07) is 0. The Morgan fingerprint density at radius 3 is 2.48 bits per heavy atom. The predicted molar refractivity (Wildman–Crippen MR) is 88.9 cm³/mol. The molecule has 1 aliphatic heterocycles. The van der Waals surface area contributed by atoms with Gasteiger partial charge in [-0.3, -0.25) is 4.79 Å². The summed E-state index contributed by atoms with van der Waals surface area (Å²) in [7, 11) is 0. The lowest BCUT2D eigenvalue weighted by Gasteiger charge is -2.60. The molecule has 8 atom stereocenters. The summed E-state index contributed by atoms with van der Waals surface area (Å²) >= 11 is 0. The highest BCUT2D eigenvalue weighted by Gasteiger charge is 2.61. The molecule has 3 aliphatic carbocycles. The van der Waals surface area contributed by atoms with Crippen LogP contribution in [0.4, 0.5) is 0 Å². The van der Waals surface area contributed by atoms with E-state index in [1.54, 1.807) is 6.92 Å². The van der Waals surface area contributed by atoms with E-state index >= 15 is 0 Å². The second-order valence-corrected chi connectivity index (χ2v) is 9.42. The van der Waals surface area contributed by atoms with Crippen molar-refractivity contribution in [3.05, 3.63) is 0 Å². The van der Waals surface area contributed by atoms with Gasteiger partial charge >= 0.3 is 0 Å². The molecule has 130 valence electrons. The summed E-state index contributed by atoms with van der Waals surface area (Å²) in [6.45, 7) is 7.44. The van der Waals surface area contributed by atoms with Gasteiger partial charge in [-0.15, -0.1) is 0 Å². The Morgan fingerprint density at radius 1 is 1.04 bits per heavy atom. The van der Waals surface area contributed by atoms with Crippen molar-refractivity contribution in [1.82, 2.24) is 0 Å². The van der Waals surface area contributed by atoms with Crippen molar-refractivity contribution in [2.45, 2.75) is 77.9 Å². The van der Waals surface area contributed by atoms with Crippen LogP contribution in [0, 0.1) is 34.5 Å². The maximum atomic E-state index is 12.1.